The van der Waals surface area contributed by atoms with E-state index < -0.39 is 0 Å². The first kappa shape index (κ1) is 20.9. The second-order valence-electron chi connectivity index (χ2n) is 7.37. The number of carbonyl (C=O) groups excluding carboxylic acids is 1. The van der Waals surface area contributed by atoms with E-state index in [2.05, 4.69) is 22.8 Å². The number of thioether (sulfide) groups is 1. The summed E-state index contributed by atoms with van der Waals surface area (Å²) in [7, 11) is 5.64. The zero-order valence-corrected chi connectivity index (χ0v) is 18.6. The smallest absolute Gasteiger partial charge is 0.324 e. The second-order valence-corrected chi connectivity index (χ2v) is 8.36. The van der Waals surface area contributed by atoms with Crippen LogP contribution in [0.1, 0.15) is 16.7 Å². The molecule has 31 heavy (non-hydrogen) atoms. The predicted molar refractivity (Wildman–Crippen MR) is 130 cm³/mol. The van der Waals surface area contributed by atoms with E-state index in [1.54, 1.807) is 18.9 Å². The molecule has 3 aromatic rings. The fraction of sp³-hybridized carbons (Fsp3) is 0.160. The van der Waals surface area contributed by atoms with Crippen LogP contribution in [0.3, 0.4) is 0 Å². The number of fused-ring (bicyclic) bond motifs is 1. The van der Waals surface area contributed by atoms with Crippen molar-refractivity contribution in [3.63, 3.8) is 0 Å². The van der Waals surface area contributed by atoms with Gasteiger partial charge in [0.2, 0.25) is 0 Å². The average Bonchev–Trinajstić information content (AvgIpc) is 2.79. The van der Waals surface area contributed by atoms with E-state index in [0.717, 1.165) is 44.6 Å². The Morgan fingerprint density at radius 2 is 1.58 bits per heavy atom. The minimum Gasteiger partial charge on any atom is -0.496 e. The Kier molecular flexibility index (Phi) is 6.18. The molecule has 0 bridgehead atoms. The Labute approximate surface area is 187 Å². The van der Waals surface area contributed by atoms with Crippen LogP contribution in [-0.2, 0) is 5.75 Å². The Morgan fingerprint density at radius 3 is 2.29 bits per heavy atom. The number of ether oxygens (including phenoxy) is 1. The highest BCUT2D eigenvalue weighted by Crippen LogP contribution is 2.42. The van der Waals surface area contributed by atoms with Gasteiger partial charge in [-0.25, -0.2) is 4.79 Å². The molecule has 4 rings (SSSR count). The van der Waals surface area contributed by atoms with Crippen LogP contribution in [0.5, 0.6) is 5.75 Å². The molecule has 0 spiro atoms. The zero-order valence-electron chi connectivity index (χ0n) is 17.8. The Bertz CT molecular complexity index is 1120. The van der Waals surface area contributed by atoms with E-state index in [1.165, 1.54) is 5.56 Å². The molecule has 0 aromatic heterocycles. The number of nitrogens with one attached hydrogen (secondary N) is 2. The minimum atomic E-state index is -0.271. The molecule has 0 radical (unpaired) electrons. The molecule has 5 nitrogen and oxygen atoms in total. The normalized spacial score (nSPS) is 12.7. The van der Waals surface area contributed by atoms with Crippen LogP contribution in [0.15, 0.2) is 77.8 Å². The van der Waals surface area contributed by atoms with Crippen LogP contribution in [0, 0.1) is 0 Å². The molecular formula is C25H25N3O2S. The van der Waals surface area contributed by atoms with E-state index in [9.17, 15) is 4.79 Å². The van der Waals surface area contributed by atoms with E-state index >= 15 is 0 Å². The number of carbonyl (C=O) groups is 1. The molecule has 0 saturated heterocycles. The van der Waals surface area contributed by atoms with Gasteiger partial charge in [-0.05, 0) is 41.5 Å². The number of hydrogen-bond donors (Lipinski definition) is 2. The van der Waals surface area contributed by atoms with Crippen molar-refractivity contribution in [2.45, 2.75) is 5.75 Å². The lowest BCUT2D eigenvalue weighted by Crippen LogP contribution is -2.29. The third-order valence-electron chi connectivity index (χ3n) is 5.13. The summed E-state index contributed by atoms with van der Waals surface area (Å²) in [6.07, 6.45) is 0. The first-order valence-electron chi connectivity index (χ1n) is 10.0. The van der Waals surface area contributed by atoms with Gasteiger partial charge in [0.05, 0.1) is 12.1 Å². The lowest BCUT2D eigenvalue weighted by atomic mass is 9.94. The summed E-state index contributed by atoms with van der Waals surface area (Å²) >= 11 is 1.62. The molecular weight excluding hydrogens is 406 g/mol. The molecule has 1 aliphatic rings. The minimum absolute atomic E-state index is 0.271. The average molecular weight is 432 g/mol. The highest BCUT2D eigenvalue weighted by atomic mass is 32.2. The number of rotatable bonds is 5. The van der Waals surface area contributed by atoms with Gasteiger partial charge in [-0.15, -0.1) is 11.8 Å². The quantitative estimate of drug-likeness (QED) is 0.556. The maximum Gasteiger partial charge on any atom is 0.324 e. The molecule has 1 aliphatic heterocycles. The Morgan fingerprint density at radius 1 is 0.903 bits per heavy atom. The third-order valence-corrected chi connectivity index (χ3v) is 6.18. The standard InChI is InChI=1S/C25H25N3O2S/c1-28(2)19-14-12-18(13-15-19)26-25(29)27-24-23(21-10-6-7-11-22(21)30-3)20-9-5-4-8-17(20)16-31-24/h4-15H,16H2,1-3H3,(H2,26,27,29). The topological polar surface area (TPSA) is 53.6 Å². The monoisotopic (exact) mass is 431 g/mol. The number of methoxy groups -OCH3 is 1. The van der Waals surface area contributed by atoms with Crippen molar-refractivity contribution in [3.8, 4) is 5.75 Å². The molecule has 1 heterocycles. The van der Waals surface area contributed by atoms with Crippen LogP contribution >= 0.6 is 11.8 Å². The SMILES string of the molecule is COc1ccccc1C1=C(NC(=O)Nc2ccc(N(C)C)cc2)SCc2ccccc21. The van der Waals surface area contributed by atoms with Gasteiger partial charge < -0.3 is 20.3 Å². The molecule has 2 amide bonds. The maximum atomic E-state index is 12.8. The Balaban J connectivity index is 1.66. The first-order chi connectivity index (χ1) is 15.1. The van der Waals surface area contributed by atoms with Crippen LogP contribution in [0.4, 0.5) is 16.2 Å². The van der Waals surface area contributed by atoms with Crippen molar-refractivity contribution in [2.75, 3.05) is 31.4 Å². The van der Waals surface area contributed by atoms with E-state index in [0.29, 0.717) is 0 Å². The van der Waals surface area contributed by atoms with E-state index in [4.69, 9.17) is 4.74 Å². The predicted octanol–water partition coefficient (Wildman–Crippen LogP) is 5.55. The molecule has 6 heteroatoms. The summed E-state index contributed by atoms with van der Waals surface area (Å²) in [5, 5.41) is 6.82. The summed E-state index contributed by atoms with van der Waals surface area (Å²) < 4.78 is 5.62. The summed E-state index contributed by atoms with van der Waals surface area (Å²) in [5.41, 5.74) is 6.09. The number of nitrogens with zero attached hydrogens (tertiary/aromatic N) is 1. The van der Waals surface area contributed by atoms with Crippen molar-refractivity contribution in [3.05, 3.63) is 94.5 Å². The van der Waals surface area contributed by atoms with E-state index in [1.807, 2.05) is 79.7 Å². The van der Waals surface area contributed by atoms with Crippen molar-refractivity contribution >= 4 is 34.7 Å². The van der Waals surface area contributed by atoms with Gasteiger partial charge in [-0.3, -0.25) is 0 Å². The highest BCUT2D eigenvalue weighted by Gasteiger charge is 2.24. The summed E-state index contributed by atoms with van der Waals surface area (Å²) in [6, 6.07) is 23.6. The van der Waals surface area contributed by atoms with Gasteiger partial charge in [0.1, 0.15) is 5.75 Å². The maximum absolute atomic E-state index is 12.8. The van der Waals surface area contributed by atoms with Crippen LogP contribution < -0.4 is 20.3 Å². The highest BCUT2D eigenvalue weighted by molar-refractivity contribution is 8.02. The van der Waals surface area contributed by atoms with Gasteiger partial charge in [-0.1, -0.05) is 42.5 Å². The molecule has 3 aromatic carbocycles. The largest absolute Gasteiger partial charge is 0.496 e. The fourth-order valence-corrected chi connectivity index (χ4v) is 4.64. The van der Waals surface area contributed by atoms with Crippen molar-refractivity contribution < 1.29 is 9.53 Å². The number of para-hydroxylation sites is 1. The lowest BCUT2D eigenvalue weighted by Gasteiger charge is -2.25. The number of benzene rings is 3. The second kappa shape index (κ2) is 9.18. The molecule has 0 saturated carbocycles. The van der Waals surface area contributed by atoms with Crippen molar-refractivity contribution in [1.82, 2.24) is 5.32 Å². The van der Waals surface area contributed by atoms with Crippen molar-refractivity contribution in [2.24, 2.45) is 0 Å². The van der Waals surface area contributed by atoms with Crippen LogP contribution in [0.2, 0.25) is 0 Å². The molecule has 0 fully saturated rings. The van der Waals surface area contributed by atoms with Gasteiger partial charge in [0.25, 0.3) is 0 Å². The van der Waals surface area contributed by atoms with Gasteiger partial charge >= 0.3 is 6.03 Å². The van der Waals surface area contributed by atoms with Crippen molar-refractivity contribution in [1.29, 1.82) is 0 Å². The molecule has 2 N–H and O–H groups in total. The van der Waals surface area contributed by atoms with E-state index in [-0.39, 0.29) is 6.03 Å². The van der Waals surface area contributed by atoms with Crippen LogP contribution in [-0.4, -0.2) is 27.2 Å². The van der Waals surface area contributed by atoms with Gasteiger partial charge in [-0.2, -0.15) is 0 Å². The molecule has 0 aliphatic carbocycles. The number of amides is 2. The lowest BCUT2D eigenvalue weighted by molar-refractivity contribution is 0.255. The van der Waals surface area contributed by atoms with Crippen LogP contribution in [0.25, 0.3) is 5.57 Å². The molecule has 0 atom stereocenters. The number of anilines is 2. The fourth-order valence-electron chi connectivity index (χ4n) is 3.56. The third kappa shape index (κ3) is 4.54. The summed E-state index contributed by atoms with van der Waals surface area (Å²) in [5.74, 6) is 1.57. The summed E-state index contributed by atoms with van der Waals surface area (Å²) in [4.78, 5) is 14.8. The number of hydrogen-bond acceptors (Lipinski definition) is 4. The number of urea groups is 1. The summed E-state index contributed by atoms with van der Waals surface area (Å²) in [6.45, 7) is 0. The van der Waals surface area contributed by atoms with Gasteiger partial charge in [0, 0.05) is 42.4 Å². The molecule has 158 valence electrons. The first-order valence-corrected chi connectivity index (χ1v) is 11.0. The molecule has 0 unspecified atom stereocenters. The Hall–Kier alpha value is -3.38. The zero-order chi connectivity index (χ0) is 21.8. The van der Waals surface area contributed by atoms with Gasteiger partial charge in [0.15, 0.2) is 0 Å².